The van der Waals surface area contributed by atoms with Crippen molar-refractivity contribution < 1.29 is 14.6 Å². The number of rotatable bonds is 8. The summed E-state index contributed by atoms with van der Waals surface area (Å²) in [7, 11) is 0. The van der Waals surface area contributed by atoms with E-state index in [2.05, 4.69) is 31.7 Å². The van der Waals surface area contributed by atoms with Crippen molar-refractivity contribution in [1.29, 1.82) is 0 Å². The van der Waals surface area contributed by atoms with Crippen molar-refractivity contribution in [1.82, 2.24) is 4.90 Å². The van der Waals surface area contributed by atoms with Gasteiger partial charge in [-0.15, -0.1) is 0 Å². The lowest BCUT2D eigenvalue weighted by Crippen LogP contribution is -2.48. The van der Waals surface area contributed by atoms with Crippen molar-refractivity contribution in [3.63, 3.8) is 0 Å². The van der Waals surface area contributed by atoms with Crippen LogP contribution in [-0.4, -0.2) is 61.7 Å². The number of piperidine rings is 1. The molecule has 3 aliphatic carbocycles. The van der Waals surface area contributed by atoms with Crippen molar-refractivity contribution >= 4 is 0 Å². The average Bonchev–Trinajstić information content (AvgIpc) is 2.57. The minimum atomic E-state index is -0.389. The molecule has 4 aliphatic rings. The summed E-state index contributed by atoms with van der Waals surface area (Å²) in [4.78, 5) is 2.34. The van der Waals surface area contributed by atoms with Gasteiger partial charge < -0.3 is 19.5 Å². The Bertz CT molecular complexity index is 440. The molecule has 3 atom stereocenters. The quantitative estimate of drug-likeness (QED) is 0.692. The summed E-state index contributed by atoms with van der Waals surface area (Å²) in [6.07, 6.45) is 7.10. The van der Waals surface area contributed by atoms with E-state index in [0.717, 1.165) is 45.0 Å². The molecule has 0 radical (unpaired) electrons. The van der Waals surface area contributed by atoms with Crippen molar-refractivity contribution in [3.05, 3.63) is 11.6 Å². The Morgan fingerprint density at radius 1 is 1.33 bits per heavy atom. The third-order valence-electron chi connectivity index (χ3n) is 6.57. The van der Waals surface area contributed by atoms with Crippen LogP contribution in [0.4, 0.5) is 0 Å². The molecule has 24 heavy (non-hydrogen) atoms. The van der Waals surface area contributed by atoms with Gasteiger partial charge in [-0.05, 0) is 55.4 Å². The Labute approximate surface area is 147 Å². The van der Waals surface area contributed by atoms with Crippen LogP contribution in [0, 0.1) is 17.3 Å². The largest absolute Gasteiger partial charge is 0.389 e. The molecular formula is C20H35NO3. The predicted octanol–water partition coefficient (Wildman–Crippen LogP) is 2.86. The second-order valence-corrected chi connectivity index (χ2v) is 8.45. The first-order chi connectivity index (χ1) is 11.5. The molecule has 3 unspecified atom stereocenters. The maximum absolute atomic E-state index is 10.3. The molecule has 2 bridgehead atoms. The van der Waals surface area contributed by atoms with Gasteiger partial charge in [-0.25, -0.2) is 0 Å². The molecule has 0 aromatic carbocycles. The maximum atomic E-state index is 10.3. The van der Waals surface area contributed by atoms with E-state index >= 15 is 0 Å². The molecule has 1 N–H and O–H groups in total. The molecule has 0 spiro atoms. The number of aliphatic hydroxyl groups is 1. The first kappa shape index (κ1) is 18.4. The minimum Gasteiger partial charge on any atom is -0.389 e. The number of ether oxygens (including phenoxy) is 2. The number of nitrogens with zero attached hydrogens (tertiary/aromatic N) is 1. The highest BCUT2D eigenvalue weighted by atomic mass is 16.5. The number of hydrogen-bond acceptors (Lipinski definition) is 4. The van der Waals surface area contributed by atoms with Crippen molar-refractivity contribution in [3.8, 4) is 0 Å². The summed E-state index contributed by atoms with van der Waals surface area (Å²) in [5, 5.41) is 10.3. The van der Waals surface area contributed by atoms with E-state index in [1.807, 2.05) is 0 Å². The molecule has 0 amide bonds. The molecule has 0 aromatic heterocycles. The van der Waals surface area contributed by atoms with Crippen LogP contribution in [0.5, 0.6) is 0 Å². The van der Waals surface area contributed by atoms with Crippen molar-refractivity contribution in [2.45, 2.75) is 58.7 Å². The first-order valence-electron chi connectivity index (χ1n) is 9.79. The standard InChI is InChI=1S/C20H35NO3/c1-4-24-18-7-9-21(10-8-18)12-17(22)14-23-13-15-5-6-16-11-19(15)20(16,2)3/h5,16-19,22H,4,6-14H2,1-3H3. The normalized spacial score (nSPS) is 31.4. The van der Waals surface area contributed by atoms with Gasteiger partial charge in [0.05, 0.1) is 25.4 Å². The van der Waals surface area contributed by atoms with E-state index in [9.17, 15) is 5.11 Å². The van der Waals surface area contributed by atoms with E-state index in [4.69, 9.17) is 9.47 Å². The fraction of sp³-hybridized carbons (Fsp3) is 0.900. The van der Waals surface area contributed by atoms with Crippen LogP contribution < -0.4 is 0 Å². The molecule has 1 heterocycles. The molecule has 4 heteroatoms. The van der Waals surface area contributed by atoms with Crippen molar-refractivity contribution in [2.75, 3.05) is 39.5 Å². The van der Waals surface area contributed by atoms with E-state index in [0.29, 0.717) is 30.7 Å². The van der Waals surface area contributed by atoms with Gasteiger partial charge in [-0.1, -0.05) is 19.9 Å². The second kappa shape index (κ2) is 7.86. The monoisotopic (exact) mass is 337 g/mol. The smallest absolute Gasteiger partial charge is 0.0900 e. The molecule has 4 rings (SSSR count). The fourth-order valence-corrected chi connectivity index (χ4v) is 4.80. The average molecular weight is 338 g/mol. The van der Waals surface area contributed by atoms with Crippen LogP contribution in [0.2, 0.25) is 0 Å². The van der Waals surface area contributed by atoms with E-state index in [-0.39, 0.29) is 6.10 Å². The summed E-state index contributed by atoms with van der Waals surface area (Å²) < 4.78 is 11.5. The van der Waals surface area contributed by atoms with Gasteiger partial charge in [-0.2, -0.15) is 0 Å². The van der Waals surface area contributed by atoms with Crippen LogP contribution in [-0.2, 0) is 9.47 Å². The number of likely N-dealkylation sites (tertiary alicyclic amines) is 1. The third-order valence-corrected chi connectivity index (χ3v) is 6.57. The Morgan fingerprint density at radius 2 is 2.08 bits per heavy atom. The van der Waals surface area contributed by atoms with E-state index < -0.39 is 0 Å². The molecule has 1 saturated carbocycles. The van der Waals surface area contributed by atoms with Gasteiger partial charge in [0.2, 0.25) is 0 Å². The molecule has 1 saturated heterocycles. The highest BCUT2D eigenvalue weighted by Crippen LogP contribution is 2.59. The lowest BCUT2D eigenvalue weighted by Gasteiger charge is -2.56. The molecular weight excluding hydrogens is 302 g/mol. The Balaban J connectivity index is 1.32. The zero-order chi connectivity index (χ0) is 17.2. The number of hydrogen-bond donors (Lipinski definition) is 1. The molecule has 0 aromatic rings. The highest BCUT2D eigenvalue weighted by Gasteiger charge is 2.50. The fourth-order valence-electron chi connectivity index (χ4n) is 4.80. The minimum absolute atomic E-state index is 0.389. The topological polar surface area (TPSA) is 41.9 Å². The van der Waals surface area contributed by atoms with Crippen molar-refractivity contribution in [2.24, 2.45) is 17.3 Å². The maximum Gasteiger partial charge on any atom is 0.0900 e. The van der Waals surface area contributed by atoms with Gasteiger partial charge in [0.25, 0.3) is 0 Å². The predicted molar refractivity (Wildman–Crippen MR) is 96.0 cm³/mol. The molecule has 4 nitrogen and oxygen atoms in total. The summed E-state index contributed by atoms with van der Waals surface area (Å²) >= 11 is 0. The van der Waals surface area contributed by atoms with E-state index in [1.165, 1.54) is 18.4 Å². The zero-order valence-corrected chi connectivity index (χ0v) is 15.7. The van der Waals surface area contributed by atoms with Crippen LogP contribution in [0.25, 0.3) is 0 Å². The summed E-state index contributed by atoms with van der Waals surface area (Å²) in [6.45, 7) is 11.5. The zero-order valence-electron chi connectivity index (χ0n) is 15.7. The van der Waals surface area contributed by atoms with Crippen LogP contribution in [0.1, 0.15) is 46.5 Å². The van der Waals surface area contributed by atoms with Crippen LogP contribution in [0.15, 0.2) is 11.6 Å². The van der Waals surface area contributed by atoms with Crippen LogP contribution >= 0.6 is 0 Å². The molecule has 2 fully saturated rings. The number of fused-ring (bicyclic) bond motifs is 1. The van der Waals surface area contributed by atoms with Gasteiger partial charge in [0.1, 0.15) is 0 Å². The van der Waals surface area contributed by atoms with Gasteiger partial charge in [-0.3, -0.25) is 0 Å². The number of allylic oxidation sites excluding steroid dienone is 1. The lowest BCUT2D eigenvalue weighted by molar-refractivity contribution is -0.0308. The van der Waals surface area contributed by atoms with Gasteiger partial charge in [0, 0.05) is 26.2 Å². The summed E-state index contributed by atoms with van der Waals surface area (Å²) in [5.74, 6) is 1.57. The molecule has 1 aliphatic heterocycles. The third kappa shape index (κ3) is 4.04. The summed E-state index contributed by atoms with van der Waals surface area (Å²) in [5.41, 5.74) is 1.92. The van der Waals surface area contributed by atoms with Gasteiger partial charge in [0.15, 0.2) is 0 Å². The first-order valence-corrected chi connectivity index (χ1v) is 9.79. The highest BCUT2D eigenvalue weighted by molar-refractivity contribution is 5.23. The Hall–Kier alpha value is -0.420. The lowest BCUT2D eigenvalue weighted by atomic mass is 9.49. The second-order valence-electron chi connectivity index (χ2n) is 8.45. The van der Waals surface area contributed by atoms with E-state index in [1.54, 1.807) is 0 Å². The summed E-state index contributed by atoms with van der Waals surface area (Å²) in [6, 6.07) is 0. The Morgan fingerprint density at radius 3 is 2.71 bits per heavy atom. The molecule has 138 valence electrons. The van der Waals surface area contributed by atoms with Crippen LogP contribution in [0.3, 0.4) is 0 Å². The number of aliphatic hydroxyl groups excluding tert-OH is 1. The SMILES string of the molecule is CCOC1CCN(CC(O)COCC2=CCC3CC2C3(C)C)CC1. The Kier molecular flexibility index (Phi) is 6.02. The number of β-amino-alcohol motifs (C(OH)–C–C–N with tert-alkyl or cyclic N) is 1. The van der Waals surface area contributed by atoms with Gasteiger partial charge >= 0.3 is 0 Å².